The Hall–Kier alpha value is -2.93. The molecule has 0 radical (unpaired) electrons. The molecule has 0 bridgehead atoms. The molecule has 1 aliphatic rings. The Labute approximate surface area is 180 Å². The van der Waals surface area contributed by atoms with Gasteiger partial charge in [-0.05, 0) is 43.2 Å². The number of hydrogen-bond donors (Lipinski definition) is 0. The van der Waals surface area contributed by atoms with E-state index < -0.39 is 5.97 Å². The van der Waals surface area contributed by atoms with Gasteiger partial charge in [0.15, 0.2) is 6.61 Å². The number of rotatable bonds is 5. The first-order valence-electron chi connectivity index (χ1n) is 10.1. The Morgan fingerprint density at radius 2 is 2.03 bits per heavy atom. The summed E-state index contributed by atoms with van der Waals surface area (Å²) in [7, 11) is 3.82. The predicted molar refractivity (Wildman–Crippen MR) is 119 cm³/mol. The maximum Gasteiger partial charge on any atom is 0.338 e. The van der Waals surface area contributed by atoms with Gasteiger partial charge in [-0.2, -0.15) is 0 Å². The molecular weight excluding hydrogens is 398 g/mol. The van der Waals surface area contributed by atoms with E-state index in [0.717, 1.165) is 29.1 Å². The molecule has 0 N–H and O–H groups in total. The summed E-state index contributed by atoms with van der Waals surface area (Å²) >= 11 is 1.70. The van der Waals surface area contributed by atoms with Gasteiger partial charge in [0, 0.05) is 38.8 Å². The van der Waals surface area contributed by atoms with Crippen molar-refractivity contribution in [3.8, 4) is 0 Å². The summed E-state index contributed by atoms with van der Waals surface area (Å²) in [6, 6.07) is 15.3. The quantitative estimate of drug-likeness (QED) is 0.582. The number of hydrogen-bond acceptors (Lipinski definition) is 6. The summed E-state index contributed by atoms with van der Waals surface area (Å²) in [4.78, 5) is 33.5. The normalized spacial score (nSPS) is 16.5. The summed E-state index contributed by atoms with van der Waals surface area (Å²) in [5.74, 6) is -0.405. The first kappa shape index (κ1) is 20.3. The van der Waals surface area contributed by atoms with Crippen LogP contribution in [-0.4, -0.2) is 55.6 Å². The topological polar surface area (TPSA) is 62.7 Å². The van der Waals surface area contributed by atoms with Crippen molar-refractivity contribution in [3.05, 3.63) is 59.1 Å². The van der Waals surface area contributed by atoms with Gasteiger partial charge in [-0.25, -0.2) is 9.78 Å². The summed E-state index contributed by atoms with van der Waals surface area (Å²) in [6.45, 7) is 1.07. The molecule has 30 heavy (non-hydrogen) atoms. The van der Waals surface area contributed by atoms with Crippen LogP contribution < -0.4 is 4.90 Å². The molecule has 1 saturated heterocycles. The van der Waals surface area contributed by atoms with Gasteiger partial charge in [0.25, 0.3) is 5.91 Å². The number of thiazole rings is 1. The molecule has 1 aliphatic heterocycles. The van der Waals surface area contributed by atoms with Crippen LogP contribution in [0.1, 0.15) is 34.1 Å². The van der Waals surface area contributed by atoms with Crippen molar-refractivity contribution in [2.24, 2.45) is 0 Å². The number of amides is 1. The van der Waals surface area contributed by atoms with Gasteiger partial charge >= 0.3 is 5.97 Å². The zero-order valence-corrected chi connectivity index (χ0v) is 18.0. The molecule has 6 nitrogen and oxygen atoms in total. The van der Waals surface area contributed by atoms with Gasteiger partial charge < -0.3 is 14.5 Å². The third kappa shape index (κ3) is 4.46. The second kappa shape index (κ2) is 8.83. The van der Waals surface area contributed by atoms with E-state index in [-0.39, 0.29) is 18.4 Å². The number of carbonyl (C=O) groups excluding carboxylic acids is 2. The van der Waals surface area contributed by atoms with Crippen LogP contribution in [0.15, 0.2) is 48.5 Å². The molecule has 1 amide bonds. The highest BCUT2D eigenvalue weighted by Gasteiger charge is 2.27. The molecule has 1 atom stereocenters. The molecule has 2 heterocycles. The van der Waals surface area contributed by atoms with Crippen molar-refractivity contribution in [2.75, 3.05) is 38.7 Å². The van der Waals surface area contributed by atoms with E-state index in [4.69, 9.17) is 9.72 Å². The number of anilines is 1. The monoisotopic (exact) mass is 423 g/mol. The number of piperidine rings is 1. The van der Waals surface area contributed by atoms with Crippen LogP contribution in [0.2, 0.25) is 0 Å². The minimum absolute atomic E-state index is 0.155. The Morgan fingerprint density at radius 3 is 2.83 bits per heavy atom. The summed E-state index contributed by atoms with van der Waals surface area (Å²) < 4.78 is 6.48. The van der Waals surface area contributed by atoms with Gasteiger partial charge in [-0.3, -0.25) is 4.79 Å². The molecule has 0 aliphatic carbocycles. The van der Waals surface area contributed by atoms with E-state index in [2.05, 4.69) is 6.07 Å². The number of aromatic nitrogens is 1. The van der Waals surface area contributed by atoms with Crippen LogP contribution in [0.3, 0.4) is 0 Å². The third-order valence-electron chi connectivity index (χ3n) is 5.36. The fourth-order valence-electron chi connectivity index (χ4n) is 3.68. The highest BCUT2D eigenvalue weighted by Crippen LogP contribution is 2.33. The van der Waals surface area contributed by atoms with Crippen LogP contribution in [0.4, 0.5) is 5.69 Å². The molecule has 0 saturated carbocycles. The fourth-order valence-corrected chi connectivity index (χ4v) is 4.78. The molecule has 4 rings (SSSR count). The summed E-state index contributed by atoms with van der Waals surface area (Å²) in [5, 5.41) is 1.08. The Bertz CT molecular complexity index is 1030. The van der Waals surface area contributed by atoms with Crippen molar-refractivity contribution < 1.29 is 14.3 Å². The summed E-state index contributed by atoms with van der Waals surface area (Å²) in [6.07, 6.45) is 1.94. The molecule has 0 unspecified atom stereocenters. The minimum Gasteiger partial charge on any atom is -0.452 e. The van der Waals surface area contributed by atoms with Crippen molar-refractivity contribution in [2.45, 2.75) is 18.8 Å². The van der Waals surface area contributed by atoms with Gasteiger partial charge in [0.1, 0.15) is 0 Å². The van der Waals surface area contributed by atoms with Crippen LogP contribution in [0.25, 0.3) is 10.2 Å². The number of nitrogens with zero attached hydrogens (tertiary/aromatic N) is 3. The lowest BCUT2D eigenvalue weighted by molar-refractivity contribution is -0.135. The van der Waals surface area contributed by atoms with Crippen LogP contribution >= 0.6 is 11.3 Å². The Morgan fingerprint density at radius 1 is 1.20 bits per heavy atom. The zero-order chi connectivity index (χ0) is 21.1. The first-order chi connectivity index (χ1) is 14.5. The number of benzene rings is 2. The molecule has 0 spiro atoms. The number of likely N-dealkylation sites (tertiary alicyclic amines) is 1. The van der Waals surface area contributed by atoms with E-state index in [9.17, 15) is 9.59 Å². The van der Waals surface area contributed by atoms with Gasteiger partial charge in [-0.15, -0.1) is 11.3 Å². The lowest BCUT2D eigenvalue weighted by Crippen LogP contribution is -2.41. The van der Waals surface area contributed by atoms with E-state index in [1.807, 2.05) is 43.3 Å². The lowest BCUT2D eigenvalue weighted by Gasteiger charge is -2.31. The number of esters is 1. The van der Waals surface area contributed by atoms with Crippen LogP contribution in [-0.2, 0) is 9.53 Å². The number of fused-ring (bicyclic) bond motifs is 1. The number of ether oxygens (including phenoxy) is 1. The van der Waals surface area contributed by atoms with Crippen molar-refractivity contribution >= 4 is 39.1 Å². The van der Waals surface area contributed by atoms with E-state index in [1.165, 1.54) is 4.70 Å². The molecule has 1 aromatic heterocycles. The molecule has 1 fully saturated rings. The molecule has 7 heteroatoms. The van der Waals surface area contributed by atoms with E-state index in [1.54, 1.807) is 34.4 Å². The highest BCUT2D eigenvalue weighted by molar-refractivity contribution is 7.18. The van der Waals surface area contributed by atoms with Crippen molar-refractivity contribution in [1.82, 2.24) is 9.88 Å². The van der Waals surface area contributed by atoms with E-state index in [0.29, 0.717) is 18.7 Å². The average molecular weight is 424 g/mol. The molecule has 156 valence electrons. The smallest absolute Gasteiger partial charge is 0.338 e. The van der Waals surface area contributed by atoms with Crippen LogP contribution in [0, 0.1) is 0 Å². The zero-order valence-electron chi connectivity index (χ0n) is 17.2. The third-order valence-corrected chi connectivity index (χ3v) is 6.56. The van der Waals surface area contributed by atoms with E-state index >= 15 is 0 Å². The molecule has 2 aromatic carbocycles. The predicted octanol–water partition coefficient (Wildman–Crippen LogP) is 3.93. The highest BCUT2D eigenvalue weighted by atomic mass is 32.1. The fraction of sp³-hybridized carbons (Fsp3) is 0.348. The number of para-hydroxylation sites is 1. The maximum atomic E-state index is 12.7. The molecule has 3 aromatic rings. The standard InChI is InChI=1S/C23H25N3O3S/c1-25(2)18-9-5-7-16(13-18)23(28)29-15-21(27)26-12-6-8-17(14-26)22-24-19-10-3-4-11-20(19)30-22/h3-5,7,9-11,13,17H,6,8,12,14-15H2,1-2H3/t17-/m0/s1. The van der Waals surface area contributed by atoms with Crippen molar-refractivity contribution in [1.29, 1.82) is 0 Å². The average Bonchev–Trinajstić information content (AvgIpc) is 3.22. The first-order valence-corrected chi connectivity index (χ1v) is 10.9. The maximum absolute atomic E-state index is 12.7. The Balaban J connectivity index is 1.36. The second-order valence-corrected chi connectivity index (χ2v) is 8.78. The van der Waals surface area contributed by atoms with Gasteiger partial charge in [-0.1, -0.05) is 18.2 Å². The van der Waals surface area contributed by atoms with Crippen molar-refractivity contribution in [3.63, 3.8) is 0 Å². The molecular formula is C23H25N3O3S. The largest absolute Gasteiger partial charge is 0.452 e. The van der Waals surface area contributed by atoms with Gasteiger partial charge in [0.2, 0.25) is 0 Å². The SMILES string of the molecule is CN(C)c1cccc(C(=O)OCC(=O)N2CCC[C@H](c3nc4ccccc4s3)C2)c1. The minimum atomic E-state index is -0.480. The van der Waals surface area contributed by atoms with Crippen LogP contribution in [0.5, 0.6) is 0 Å². The lowest BCUT2D eigenvalue weighted by atomic mass is 9.99. The van der Waals surface area contributed by atoms with Gasteiger partial charge in [0.05, 0.1) is 20.8 Å². The second-order valence-electron chi connectivity index (χ2n) is 7.72. The number of carbonyl (C=O) groups is 2. The Kier molecular flexibility index (Phi) is 5.99. The summed E-state index contributed by atoms with van der Waals surface area (Å²) in [5.41, 5.74) is 2.36.